The van der Waals surface area contributed by atoms with Crippen LogP contribution in [0.1, 0.15) is 10.5 Å². The van der Waals surface area contributed by atoms with Crippen LogP contribution in [-0.2, 0) is 9.84 Å². The van der Waals surface area contributed by atoms with Crippen LogP contribution in [0.5, 0.6) is 0 Å². The van der Waals surface area contributed by atoms with Gasteiger partial charge in [0.25, 0.3) is 5.91 Å². The Hall–Kier alpha value is -1.90. The molecule has 3 aromatic rings. The second-order valence-electron chi connectivity index (χ2n) is 4.18. The highest BCUT2D eigenvalue weighted by molar-refractivity contribution is 7.93. The van der Waals surface area contributed by atoms with E-state index in [2.05, 4.69) is 9.97 Å². The van der Waals surface area contributed by atoms with Crippen LogP contribution in [0.3, 0.4) is 0 Å². The lowest BCUT2D eigenvalue weighted by Crippen LogP contribution is -2.16. The van der Waals surface area contributed by atoms with E-state index in [0.29, 0.717) is 15.9 Å². The van der Waals surface area contributed by atoms with Crippen LogP contribution in [0.4, 0.5) is 0 Å². The van der Waals surface area contributed by atoms with Crippen molar-refractivity contribution in [3.63, 3.8) is 0 Å². The quantitative estimate of drug-likeness (QED) is 0.761. The van der Waals surface area contributed by atoms with E-state index in [4.69, 9.17) is 17.3 Å². The number of carbonyl (C=O) groups is 1. The highest BCUT2D eigenvalue weighted by atomic mass is 35.5. The van der Waals surface area contributed by atoms with Crippen LogP contribution >= 0.6 is 22.9 Å². The van der Waals surface area contributed by atoms with E-state index in [1.165, 1.54) is 12.3 Å². The Morgan fingerprint density at radius 2 is 2.14 bits per heavy atom. The number of fused-ring (bicyclic) bond motifs is 1. The molecule has 0 fully saturated rings. The van der Waals surface area contributed by atoms with Crippen LogP contribution < -0.4 is 5.73 Å². The summed E-state index contributed by atoms with van der Waals surface area (Å²) in [7, 11) is -3.95. The molecule has 2 aromatic heterocycles. The van der Waals surface area contributed by atoms with Crippen molar-refractivity contribution in [2.24, 2.45) is 5.73 Å². The van der Waals surface area contributed by atoms with Crippen molar-refractivity contribution < 1.29 is 13.2 Å². The number of carbonyl (C=O) groups excluding carboxylic acids is 1. The molecule has 108 valence electrons. The van der Waals surface area contributed by atoms with Crippen molar-refractivity contribution in [2.45, 2.75) is 9.24 Å². The van der Waals surface area contributed by atoms with Crippen molar-refractivity contribution in [3.05, 3.63) is 40.5 Å². The molecule has 0 unspecified atom stereocenters. The number of thiazole rings is 1. The molecule has 3 N–H and O–H groups in total. The van der Waals surface area contributed by atoms with E-state index < -0.39 is 15.7 Å². The predicted octanol–water partition coefficient (Wildman–Crippen LogP) is 2.21. The first-order chi connectivity index (χ1) is 9.91. The predicted molar refractivity (Wildman–Crippen MR) is 79.4 cm³/mol. The molecular formula is C12H8ClN3O3S2. The number of H-pyrrole nitrogens is 1. The van der Waals surface area contributed by atoms with E-state index >= 15 is 0 Å². The van der Waals surface area contributed by atoms with Crippen molar-refractivity contribution in [1.29, 1.82) is 0 Å². The maximum atomic E-state index is 12.7. The number of amides is 1. The SMILES string of the molecule is NC(=O)c1[nH]c2ccc(Cl)cc2c1S(=O)(=O)c1nccs1. The number of hydrogen-bond donors (Lipinski definition) is 2. The molecule has 1 aromatic carbocycles. The van der Waals surface area contributed by atoms with E-state index in [0.717, 1.165) is 11.3 Å². The fourth-order valence-electron chi connectivity index (χ4n) is 2.02. The van der Waals surface area contributed by atoms with Crippen LogP contribution in [0.15, 0.2) is 39.0 Å². The summed E-state index contributed by atoms with van der Waals surface area (Å²) in [5, 5.41) is 2.21. The van der Waals surface area contributed by atoms with E-state index in [1.807, 2.05) is 0 Å². The summed E-state index contributed by atoms with van der Waals surface area (Å²) in [6.07, 6.45) is 1.38. The standard InChI is InChI=1S/C12H8ClN3O3S2/c13-6-1-2-8-7(5-6)10(9(16-8)11(14)17)21(18,19)12-15-3-4-20-12/h1-5,16H,(H2,14,17). The number of halogens is 1. The Bertz CT molecular complexity index is 946. The molecule has 3 rings (SSSR count). The topological polar surface area (TPSA) is 106 Å². The lowest BCUT2D eigenvalue weighted by Gasteiger charge is -2.02. The zero-order valence-electron chi connectivity index (χ0n) is 10.3. The zero-order chi connectivity index (χ0) is 15.2. The molecule has 0 aliphatic heterocycles. The summed E-state index contributed by atoms with van der Waals surface area (Å²) in [6.45, 7) is 0. The fraction of sp³-hybridized carbons (Fsp3) is 0. The minimum atomic E-state index is -3.95. The number of aromatic amines is 1. The minimum absolute atomic E-state index is 0.106. The van der Waals surface area contributed by atoms with Gasteiger partial charge < -0.3 is 10.7 Å². The molecule has 0 spiro atoms. The normalized spacial score (nSPS) is 11.9. The summed E-state index contributed by atoms with van der Waals surface area (Å²) in [4.78, 5) is 17.9. The van der Waals surface area contributed by atoms with Gasteiger partial charge >= 0.3 is 0 Å². The molecule has 0 aliphatic carbocycles. The van der Waals surface area contributed by atoms with Crippen molar-refractivity contribution in [2.75, 3.05) is 0 Å². The molecule has 0 radical (unpaired) electrons. The minimum Gasteiger partial charge on any atom is -0.364 e. The molecular weight excluding hydrogens is 334 g/mol. The zero-order valence-corrected chi connectivity index (χ0v) is 12.7. The van der Waals surface area contributed by atoms with Crippen LogP contribution in [0.25, 0.3) is 10.9 Å². The number of nitrogens with two attached hydrogens (primary N) is 1. The third-order valence-electron chi connectivity index (χ3n) is 2.87. The first kappa shape index (κ1) is 14.1. The van der Waals surface area contributed by atoms with Gasteiger partial charge in [-0.1, -0.05) is 11.6 Å². The highest BCUT2D eigenvalue weighted by Crippen LogP contribution is 2.33. The summed E-state index contributed by atoms with van der Waals surface area (Å²) in [5.41, 5.74) is 5.57. The molecule has 21 heavy (non-hydrogen) atoms. The summed E-state index contributed by atoms with van der Waals surface area (Å²) in [5.74, 6) is -0.863. The molecule has 0 aliphatic rings. The number of primary amides is 1. The lowest BCUT2D eigenvalue weighted by atomic mass is 10.2. The molecule has 6 nitrogen and oxygen atoms in total. The first-order valence-corrected chi connectivity index (χ1v) is 8.41. The number of nitrogens with one attached hydrogen (secondary N) is 1. The monoisotopic (exact) mass is 341 g/mol. The van der Waals surface area contributed by atoms with Gasteiger partial charge in [-0.3, -0.25) is 4.79 Å². The van der Waals surface area contributed by atoms with Gasteiger partial charge in [-0.05, 0) is 18.2 Å². The maximum Gasteiger partial charge on any atom is 0.266 e. The number of hydrogen-bond acceptors (Lipinski definition) is 5. The lowest BCUT2D eigenvalue weighted by molar-refractivity contribution is 0.0993. The molecule has 0 atom stereocenters. The first-order valence-electron chi connectivity index (χ1n) is 5.67. The highest BCUT2D eigenvalue weighted by Gasteiger charge is 2.30. The molecule has 0 bridgehead atoms. The molecule has 1 amide bonds. The van der Waals surface area contributed by atoms with Gasteiger partial charge in [0, 0.05) is 27.5 Å². The van der Waals surface area contributed by atoms with Gasteiger partial charge in [-0.2, -0.15) is 0 Å². The number of benzene rings is 1. The molecule has 0 saturated carbocycles. The Balaban J connectivity index is 2.43. The Morgan fingerprint density at radius 1 is 1.38 bits per heavy atom. The van der Waals surface area contributed by atoms with Gasteiger partial charge in [0.1, 0.15) is 10.6 Å². The van der Waals surface area contributed by atoms with Gasteiger partial charge in [0.2, 0.25) is 14.2 Å². The third kappa shape index (κ3) is 2.21. The van der Waals surface area contributed by atoms with Crippen LogP contribution in [-0.4, -0.2) is 24.3 Å². The van der Waals surface area contributed by atoms with E-state index in [-0.39, 0.29) is 14.9 Å². The Kier molecular flexibility index (Phi) is 3.23. The van der Waals surface area contributed by atoms with E-state index in [1.54, 1.807) is 17.5 Å². The maximum absolute atomic E-state index is 12.7. The van der Waals surface area contributed by atoms with Crippen molar-refractivity contribution >= 4 is 49.6 Å². The summed E-state index contributed by atoms with van der Waals surface area (Å²) >= 11 is 6.88. The second-order valence-corrected chi connectivity index (χ2v) is 7.58. The Labute approximate surface area is 128 Å². The molecule has 0 saturated heterocycles. The van der Waals surface area contributed by atoms with Crippen molar-refractivity contribution in [3.8, 4) is 0 Å². The largest absolute Gasteiger partial charge is 0.364 e. The van der Waals surface area contributed by atoms with Crippen molar-refractivity contribution in [1.82, 2.24) is 9.97 Å². The summed E-state index contributed by atoms with van der Waals surface area (Å²) in [6, 6.07) is 4.65. The molecule has 9 heteroatoms. The van der Waals surface area contributed by atoms with Gasteiger partial charge in [0.15, 0.2) is 0 Å². The van der Waals surface area contributed by atoms with E-state index in [9.17, 15) is 13.2 Å². The van der Waals surface area contributed by atoms with Crippen LogP contribution in [0.2, 0.25) is 5.02 Å². The molecule has 2 heterocycles. The van der Waals surface area contributed by atoms with Gasteiger partial charge in [-0.25, -0.2) is 13.4 Å². The van der Waals surface area contributed by atoms with Gasteiger partial charge in [0.05, 0.1) is 0 Å². The Morgan fingerprint density at radius 3 is 2.76 bits per heavy atom. The number of aromatic nitrogens is 2. The average molecular weight is 342 g/mol. The number of nitrogens with zero attached hydrogens (tertiary/aromatic N) is 1. The summed E-state index contributed by atoms with van der Waals surface area (Å²) < 4.78 is 25.3. The number of sulfone groups is 1. The van der Waals surface area contributed by atoms with Gasteiger partial charge in [-0.15, -0.1) is 11.3 Å². The fourth-order valence-corrected chi connectivity index (χ4v) is 4.73. The third-order valence-corrected chi connectivity index (χ3v) is 6.14. The van der Waals surface area contributed by atoms with Crippen LogP contribution in [0, 0.1) is 0 Å². The second kappa shape index (κ2) is 4.83. The average Bonchev–Trinajstić information content (AvgIpc) is 3.05. The number of rotatable bonds is 3. The smallest absolute Gasteiger partial charge is 0.266 e.